The Morgan fingerprint density at radius 3 is 2.56 bits per heavy atom. The molecule has 1 unspecified atom stereocenters. The van der Waals surface area contributed by atoms with Gasteiger partial charge in [-0.25, -0.2) is 4.89 Å². The molecule has 88 valence electrons. The minimum atomic E-state index is -4.44. The van der Waals surface area contributed by atoms with E-state index in [0.29, 0.717) is 0 Å². The van der Waals surface area contributed by atoms with Crippen LogP contribution in [0.25, 0.3) is 1.43 Å². The van der Waals surface area contributed by atoms with Gasteiger partial charge in [-0.2, -0.15) is 13.2 Å². The third kappa shape index (κ3) is 2.84. The fourth-order valence-corrected chi connectivity index (χ4v) is 1.22. The highest BCUT2D eigenvalue weighted by atomic mass is 19.4. The van der Waals surface area contributed by atoms with Gasteiger partial charge in [0.1, 0.15) is 6.10 Å². The molecule has 0 bridgehead atoms. The van der Waals surface area contributed by atoms with E-state index < -0.39 is 24.4 Å². The van der Waals surface area contributed by atoms with Crippen LogP contribution in [0.3, 0.4) is 0 Å². The van der Waals surface area contributed by atoms with Crippen LogP contribution in [0.1, 0.15) is 26.9 Å². The van der Waals surface area contributed by atoms with E-state index in [1.807, 2.05) is 0 Å². The van der Waals surface area contributed by atoms with Gasteiger partial charge in [-0.1, -0.05) is 18.7 Å². The molecule has 0 aliphatic heterocycles. The second-order valence-corrected chi connectivity index (χ2v) is 3.28. The molecular weight excluding hydrogens is 221 g/mol. The Balaban J connectivity index is 3.09. The maximum absolute atomic E-state index is 12.4. The summed E-state index contributed by atoms with van der Waals surface area (Å²) in [6.45, 7) is 0.846. The van der Waals surface area contributed by atoms with Crippen molar-refractivity contribution in [1.82, 2.24) is 0 Å². The van der Waals surface area contributed by atoms with Gasteiger partial charge in [0.15, 0.2) is 0 Å². The zero-order valence-electron chi connectivity index (χ0n) is 11.3. The van der Waals surface area contributed by atoms with Gasteiger partial charge in [-0.05, 0) is 30.2 Å². The van der Waals surface area contributed by atoms with E-state index in [2.05, 4.69) is 10.1 Å². The first-order chi connectivity index (χ1) is 8.77. The van der Waals surface area contributed by atoms with Crippen LogP contribution in [-0.4, -0.2) is 5.26 Å². The Morgan fingerprint density at radius 1 is 1.50 bits per heavy atom. The van der Waals surface area contributed by atoms with Crippen LogP contribution < -0.4 is 0 Å². The second kappa shape index (κ2) is 4.67. The Labute approximate surface area is 95.2 Å². The average molecular weight is 235 g/mol. The lowest BCUT2D eigenvalue weighted by Gasteiger charge is -2.14. The summed E-state index contributed by atoms with van der Waals surface area (Å²) in [5.41, 5.74) is -0.442. The molecule has 1 rings (SSSR count). The molecule has 5 heteroatoms. The molecule has 1 atom stereocenters. The van der Waals surface area contributed by atoms with Crippen LogP contribution in [0.2, 0.25) is 0 Å². The number of alkyl halides is 3. The number of rotatable bonds is 4. The first-order valence-corrected chi connectivity index (χ1v) is 4.37. The van der Waals surface area contributed by atoms with E-state index in [-0.39, 0.29) is 11.1 Å². The van der Waals surface area contributed by atoms with Crippen LogP contribution in [0.15, 0.2) is 36.4 Å². The summed E-state index contributed by atoms with van der Waals surface area (Å²) in [4.78, 5) is 4.56. The Bertz CT molecular complexity index is 453. The molecule has 1 aromatic rings. The molecule has 0 aliphatic carbocycles. The number of hydrogen-bond acceptors (Lipinski definition) is 2. The Morgan fingerprint density at radius 2 is 2.12 bits per heavy atom. The summed E-state index contributed by atoms with van der Waals surface area (Å²) >= 11 is 0. The van der Waals surface area contributed by atoms with Crippen molar-refractivity contribution in [3.63, 3.8) is 0 Å². The maximum atomic E-state index is 12.4. The van der Waals surface area contributed by atoms with Crippen LogP contribution in [0.5, 0.6) is 0 Å². The molecule has 1 aromatic carbocycles. The van der Waals surface area contributed by atoms with E-state index in [4.69, 9.17) is 4.17 Å². The largest absolute Gasteiger partial charge is 0.416 e. The first-order valence-electron chi connectivity index (χ1n) is 5.78. The average Bonchev–Trinajstić information content (AvgIpc) is 2.34. The Hall–Kier alpha value is -1.33. The zero-order chi connectivity index (χ0) is 14.6. The van der Waals surface area contributed by atoms with Crippen molar-refractivity contribution in [2.75, 3.05) is 0 Å². The van der Waals surface area contributed by atoms with E-state index >= 15 is 0 Å². The highest BCUT2D eigenvalue weighted by molar-refractivity contribution is 5.29. The summed E-state index contributed by atoms with van der Waals surface area (Å²) in [6, 6.07) is 4.02. The van der Waals surface area contributed by atoms with E-state index in [0.717, 1.165) is 24.3 Å². The van der Waals surface area contributed by atoms with Crippen LogP contribution in [0.4, 0.5) is 13.2 Å². The predicted octanol–water partition coefficient (Wildman–Crippen LogP) is 3.81. The van der Waals surface area contributed by atoms with Gasteiger partial charge in [0.05, 0.1) is 8.30 Å². The normalized spacial score (nSPS) is 15.9. The molecule has 0 saturated heterocycles. The van der Waals surface area contributed by atoms with Crippen LogP contribution >= 0.6 is 0 Å². The third-order valence-corrected chi connectivity index (χ3v) is 2.03. The highest BCUT2D eigenvalue weighted by Crippen LogP contribution is 2.31. The molecule has 0 spiro atoms. The van der Waals surface area contributed by atoms with Crippen LogP contribution in [-0.2, 0) is 11.1 Å². The van der Waals surface area contributed by atoms with Gasteiger partial charge >= 0.3 is 6.18 Å². The Kier molecular flexibility index (Phi) is 2.56. The summed E-state index contributed by atoms with van der Waals surface area (Å²) in [7, 11) is 0. The molecule has 0 aliphatic rings. The third-order valence-electron chi connectivity index (χ3n) is 2.03. The van der Waals surface area contributed by atoms with Gasteiger partial charge in [-0.3, -0.25) is 5.26 Å². The summed E-state index contributed by atoms with van der Waals surface area (Å²) in [5.74, 6) is 0. The van der Waals surface area contributed by atoms with Gasteiger partial charge in [-0.15, -0.1) is 0 Å². The SMILES string of the molecule is [2H]OOC(C(C)=C([2H])[2H])c1ccc(C(F)(F)F)cc1. The molecule has 0 fully saturated rings. The number of halogens is 3. The van der Waals surface area contributed by atoms with Crippen molar-refractivity contribution in [2.45, 2.75) is 19.2 Å². The number of hydrogen-bond donors (Lipinski definition) is 1. The van der Waals surface area contributed by atoms with Crippen molar-refractivity contribution in [3.05, 3.63) is 47.5 Å². The minimum Gasteiger partial charge on any atom is -0.251 e. The smallest absolute Gasteiger partial charge is 0.251 e. The predicted molar refractivity (Wildman–Crippen MR) is 52.7 cm³/mol. The minimum absolute atomic E-state index is 0.118. The van der Waals surface area contributed by atoms with Crippen LogP contribution in [0, 0.1) is 0 Å². The quantitative estimate of drug-likeness (QED) is 0.488. The standard InChI is InChI=1S/C11H11F3O2/c1-7(2)10(16-15)8-3-5-9(6-4-8)11(12,13)14/h3-6,10,15H,1H2,2H3/i1D2/hD. The van der Waals surface area contributed by atoms with Gasteiger partial charge in [0, 0.05) is 0 Å². The lowest BCUT2D eigenvalue weighted by molar-refractivity contribution is -0.271. The summed E-state index contributed by atoms with van der Waals surface area (Å²) < 4.78 is 58.0. The lowest BCUT2D eigenvalue weighted by Crippen LogP contribution is -2.07. The molecule has 2 nitrogen and oxygen atoms in total. The molecule has 0 heterocycles. The molecular formula is C11H11F3O2. The molecule has 1 N–H and O–H groups in total. The lowest BCUT2D eigenvalue weighted by atomic mass is 10.0. The fourth-order valence-electron chi connectivity index (χ4n) is 1.22. The molecule has 0 radical (unpaired) electrons. The molecule has 16 heavy (non-hydrogen) atoms. The molecule has 0 saturated carbocycles. The second-order valence-electron chi connectivity index (χ2n) is 3.28. The maximum Gasteiger partial charge on any atom is 0.416 e. The van der Waals surface area contributed by atoms with Crippen molar-refractivity contribution in [3.8, 4) is 0 Å². The van der Waals surface area contributed by atoms with Crippen molar-refractivity contribution in [2.24, 2.45) is 0 Å². The van der Waals surface area contributed by atoms with Crippen molar-refractivity contribution in [1.29, 1.82) is 1.43 Å². The monoisotopic (exact) mass is 235 g/mol. The summed E-state index contributed by atoms with van der Waals surface area (Å²) in [6.07, 6.45) is -5.51. The molecule has 0 amide bonds. The first kappa shape index (κ1) is 8.78. The van der Waals surface area contributed by atoms with E-state index in [1.54, 1.807) is 0 Å². The fraction of sp³-hybridized carbons (Fsp3) is 0.273. The van der Waals surface area contributed by atoms with Crippen molar-refractivity contribution >= 4 is 0 Å². The highest BCUT2D eigenvalue weighted by Gasteiger charge is 2.30. The summed E-state index contributed by atoms with van der Waals surface area (Å²) in [5, 5.41) is 3.75. The van der Waals surface area contributed by atoms with Gasteiger partial charge < -0.3 is 0 Å². The number of benzene rings is 1. The van der Waals surface area contributed by atoms with Gasteiger partial charge in [0.2, 0.25) is 0 Å². The van der Waals surface area contributed by atoms with E-state index in [1.165, 1.54) is 6.92 Å². The molecule has 0 aromatic heterocycles. The topological polar surface area (TPSA) is 29.5 Å². The van der Waals surface area contributed by atoms with Crippen molar-refractivity contribution < 1.29 is 26.1 Å². The van der Waals surface area contributed by atoms with E-state index in [9.17, 15) is 13.2 Å². The zero-order valence-corrected chi connectivity index (χ0v) is 8.34. The van der Waals surface area contributed by atoms with Gasteiger partial charge in [0.25, 0.3) is 1.43 Å².